The van der Waals surface area contributed by atoms with Gasteiger partial charge in [0.25, 0.3) is 5.91 Å². The van der Waals surface area contributed by atoms with Crippen LogP contribution in [0.4, 0.5) is 11.4 Å². The van der Waals surface area contributed by atoms with Crippen LogP contribution in [0.3, 0.4) is 0 Å². The van der Waals surface area contributed by atoms with Gasteiger partial charge in [-0.05, 0) is 29.8 Å². The van der Waals surface area contributed by atoms with Crippen molar-refractivity contribution in [3.8, 4) is 0 Å². The maximum atomic E-state index is 12.3. The summed E-state index contributed by atoms with van der Waals surface area (Å²) in [7, 11) is 0. The number of nitrogen functional groups attached to an aromatic ring is 1. The number of benzene rings is 2. The van der Waals surface area contributed by atoms with E-state index >= 15 is 0 Å². The lowest BCUT2D eigenvalue weighted by Crippen LogP contribution is -2.22. The Morgan fingerprint density at radius 3 is 2.61 bits per heavy atom. The highest BCUT2D eigenvalue weighted by Gasteiger charge is 2.09. The first-order valence-electron chi connectivity index (χ1n) is 8.50. The first-order chi connectivity index (χ1) is 13.7. The van der Waals surface area contributed by atoms with Crippen LogP contribution in [0.2, 0.25) is 0 Å². The van der Waals surface area contributed by atoms with E-state index < -0.39 is 0 Å². The third-order valence-electron chi connectivity index (χ3n) is 3.88. The predicted molar refractivity (Wildman–Crippen MR) is 104 cm³/mol. The van der Waals surface area contributed by atoms with Gasteiger partial charge in [0.15, 0.2) is 0 Å². The molecule has 3 rings (SSSR count). The smallest absolute Gasteiger partial charge is 0.255 e. The fourth-order valence-corrected chi connectivity index (χ4v) is 2.41. The van der Waals surface area contributed by atoms with Crippen molar-refractivity contribution < 1.29 is 14.4 Å². The Balaban J connectivity index is 1.57. The summed E-state index contributed by atoms with van der Waals surface area (Å²) in [6, 6.07) is 13.9. The Labute approximate surface area is 161 Å². The fraction of sp³-hybridized carbons (Fsp3) is 0.100. The molecule has 0 spiro atoms. The minimum atomic E-state index is -0.268. The SMILES string of the molecule is Nc1ccccc1NC(=O)c1ccc(CN(C=O)OCc2cnccn2)cc1. The molecule has 0 aliphatic heterocycles. The number of carbonyl (C=O) groups is 2. The Hall–Kier alpha value is -3.78. The summed E-state index contributed by atoms with van der Waals surface area (Å²) < 4.78 is 0. The molecule has 0 aliphatic carbocycles. The fourth-order valence-electron chi connectivity index (χ4n) is 2.41. The molecule has 1 aromatic heterocycles. The average molecular weight is 377 g/mol. The van der Waals surface area contributed by atoms with Crippen LogP contribution >= 0.6 is 0 Å². The summed E-state index contributed by atoms with van der Waals surface area (Å²) in [5, 5.41) is 3.93. The molecule has 28 heavy (non-hydrogen) atoms. The van der Waals surface area contributed by atoms with Crippen LogP contribution in [-0.2, 0) is 22.8 Å². The lowest BCUT2D eigenvalue weighted by Gasteiger charge is -2.16. The van der Waals surface area contributed by atoms with Crippen molar-refractivity contribution in [2.75, 3.05) is 11.1 Å². The summed E-state index contributed by atoms with van der Waals surface area (Å²) in [6.07, 6.45) is 5.27. The van der Waals surface area contributed by atoms with Crippen molar-refractivity contribution in [2.45, 2.75) is 13.2 Å². The van der Waals surface area contributed by atoms with Gasteiger partial charge in [-0.2, -0.15) is 0 Å². The molecule has 8 nitrogen and oxygen atoms in total. The Bertz CT molecular complexity index is 932. The van der Waals surface area contributed by atoms with Crippen molar-refractivity contribution in [2.24, 2.45) is 0 Å². The minimum Gasteiger partial charge on any atom is -0.397 e. The molecule has 0 atom stereocenters. The molecule has 1 heterocycles. The van der Waals surface area contributed by atoms with Gasteiger partial charge in [0.05, 0.1) is 29.8 Å². The predicted octanol–water partition coefficient (Wildman–Crippen LogP) is 2.40. The van der Waals surface area contributed by atoms with Crippen molar-refractivity contribution in [1.82, 2.24) is 15.0 Å². The first-order valence-corrected chi connectivity index (χ1v) is 8.50. The number of nitrogens with one attached hydrogen (secondary N) is 1. The summed E-state index contributed by atoms with van der Waals surface area (Å²) in [6.45, 7) is 0.364. The van der Waals surface area contributed by atoms with Gasteiger partial charge in [0.2, 0.25) is 6.41 Å². The normalized spacial score (nSPS) is 10.3. The number of nitrogens with two attached hydrogens (primary N) is 1. The molecule has 2 amide bonds. The first kappa shape index (κ1) is 19.0. The van der Waals surface area contributed by atoms with E-state index in [9.17, 15) is 9.59 Å². The highest BCUT2D eigenvalue weighted by atomic mass is 16.7. The molecule has 0 radical (unpaired) electrons. The highest BCUT2D eigenvalue weighted by Crippen LogP contribution is 2.18. The van der Waals surface area contributed by atoms with Crippen LogP contribution in [0, 0.1) is 0 Å². The average Bonchev–Trinajstić information content (AvgIpc) is 2.74. The summed E-state index contributed by atoms with van der Waals surface area (Å²) >= 11 is 0. The molecule has 3 aromatic rings. The molecule has 0 saturated heterocycles. The Morgan fingerprint density at radius 1 is 1.14 bits per heavy atom. The van der Waals surface area contributed by atoms with Gasteiger partial charge in [-0.3, -0.25) is 24.4 Å². The number of hydrogen-bond donors (Lipinski definition) is 2. The second-order valence-electron chi connectivity index (χ2n) is 5.89. The standard InChI is InChI=1S/C20H19N5O3/c21-18-3-1-2-4-19(18)24-20(27)16-7-5-15(6-8-16)12-25(14-26)28-13-17-11-22-9-10-23-17/h1-11,14H,12-13,21H2,(H,24,27). The van der Waals surface area contributed by atoms with Crippen molar-refractivity contribution in [3.63, 3.8) is 0 Å². The molecular formula is C20H19N5O3. The van der Waals surface area contributed by atoms with Crippen LogP contribution in [0.1, 0.15) is 21.6 Å². The van der Waals surface area contributed by atoms with Gasteiger partial charge in [0.1, 0.15) is 6.61 Å². The number of aromatic nitrogens is 2. The van der Waals surface area contributed by atoms with Crippen molar-refractivity contribution in [3.05, 3.63) is 83.9 Å². The Kier molecular flexibility index (Phi) is 6.27. The van der Waals surface area contributed by atoms with Gasteiger partial charge in [0, 0.05) is 18.0 Å². The maximum absolute atomic E-state index is 12.3. The van der Waals surface area contributed by atoms with Crippen molar-refractivity contribution in [1.29, 1.82) is 0 Å². The number of para-hydroxylation sites is 2. The van der Waals surface area contributed by atoms with Crippen molar-refractivity contribution >= 4 is 23.7 Å². The third-order valence-corrected chi connectivity index (χ3v) is 3.88. The lowest BCUT2D eigenvalue weighted by molar-refractivity contribution is -0.181. The zero-order valence-electron chi connectivity index (χ0n) is 15.0. The zero-order valence-corrected chi connectivity index (χ0v) is 15.0. The molecule has 0 fully saturated rings. The topological polar surface area (TPSA) is 110 Å². The molecule has 0 bridgehead atoms. The summed E-state index contributed by atoms with van der Waals surface area (Å²) in [5.74, 6) is -0.268. The minimum absolute atomic E-state index is 0.131. The van der Waals surface area contributed by atoms with Gasteiger partial charge < -0.3 is 11.1 Å². The lowest BCUT2D eigenvalue weighted by atomic mass is 10.1. The van der Waals surface area contributed by atoms with Gasteiger partial charge in [-0.25, -0.2) is 5.06 Å². The van der Waals surface area contributed by atoms with E-state index in [0.717, 1.165) is 10.6 Å². The van der Waals surface area contributed by atoms with Crippen LogP contribution in [0.5, 0.6) is 0 Å². The summed E-state index contributed by atoms with van der Waals surface area (Å²) in [5.41, 5.74) is 8.78. The number of rotatable bonds is 8. The second-order valence-corrected chi connectivity index (χ2v) is 5.89. The molecular weight excluding hydrogens is 358 g/mol. The quantitative estimate of drug-likeness (QED) is 0.354. The number of hydroxylamine groups is 2. The molecule has 3 N–H and O–H groups in total. The molecule has 0 unspecified atom stereocenters. The number of carbonyl (C=O) groups excluding carboxylic acids is 2. The molecule has 0 saturated carbocycles. The van der Waals surface area contributed by atoms with Gasteiger partial charge in [-0.1, -0.05) is 24.3 Å². The van der Waals surface area contributed by atoms with E-state index in [2.05, 4.69) is 15.3 Å². The van der Waals surface area contributed by atoms with E-state index in [0.29, 0.717) is 29.0 Å². The largest absolute Gasteiger partial charge is 0.397 e. The molecule has 2 aromatic carbocycles. The zero-order chi connectivity index (χ0) is 19.8. The second kappa shape index (κ2) is 9.24. The third kappa shape index (κ3) is 5.12. The molecule has 142 valence electrons. The van der Waals surface area contributed by atoms with E-state index in [1.165, 1.54) is 0 Å². The Morgan fingerprint density at radius 2 is 1.93 bits per heavy atom. The van der Waals surface area contributed by atoms with Crippen LogP contribution in [0.25, 0.3) is 0 Å². The number of nitrogens with zero attached hydrogens (tertiary/aromatic N) is 3. The van der Waals surface area contributed by atoms with Crippen LogP contribution in [0.15, 0.2) is 67.1 Å². The van der Waals surface area contributed by atoms with Gasteiger partial charge >= 0.3 is 0 Å². The number of anilines is 2. The van der Waals surface area contributed by atoms with E-state index in [1.807, 2.05) is 0 Å². The van der Waals surface area contributed by atoms with Gasteiger partial charge in [-0.15, -0.1) is 0 Å². The maximum Gasteiger partial charge on any atom is 0.255 e. The van der Waals surface area contributed by atoms with Crippen LogP contribution < -0.4 is 11.1 Å². The van der Waals surface area contributed by atoms with E-state index in [1.54, 1.807) is 67.1 Å². The monoisotopic (exact) mass is 377 g/mol. The van der Waals surface area contributed by atoms with E-state index in [4.69, 9.17) is 10.6 Å². The number of hydrogen-bond acceptors (Lipinski definition) is 6. The molecule has 8 heteroatoms. The molecule has 0 aliphatic rings. The number of amides is 2. The summed E-state index contributed by atoms with van der Waals surface area (Å²) in [4.78, 5) is 37.0. The highest BCUT2D eigenvalue weighted by molar-refractivity contribution is 6.05. The van der Waals surface area contributed by atoms with Crippen LogP contribution in [-0.4, -0.2) is 27.3 Å². The van der Waals surface area contributed by atoms with E-state index in [-0.39, 0.29) is 19.1 Å².